The molecule has 9 unspecified atom stereocenters. The molecular weight excluding hydrogens is 624 g/mol. The van der Waals surface area contributed by atoms with Gasteiger partial charge in [0.2, 0.25) is 0 Å². The lowest BCUT2D eigenvalue weighted by molar-refractivity contribution is -0.349. The highest BCUT2D eigenvalue weighted by atomic mass is 16.7. The smallest absolute Gasteiger partial charge is 0.195 e. The van der Waals surface area contributed by atoms with Crippen LogP contribution in [0, 0.1) is 0 Å². The second kappa shape index (κ2) is 14.6. The monoisotopic (exact) mass is 664 g/mol. The molecule has 21 nitrogen and oxygen atoms in total. The molecule has 1 aliphatic carbocycles. The van der Waals surface area contributed by atoms with Crippen LogP contribution < -0.4 is 0 Å². The fourth-order valence-electron chi connectivity index (χ4n) is 5.59. The zero-order valence-electron chi connectivity index (χ0n) is 23.2. The van der Waals surface area contributed by atoms with Gasteiger partial charge in [-0.05, 0) is 0 Å². The standard InChI is InChI=1S/C24H40O21/c25-1-3-5(26)7(28)13(34)21(42-3)19(40)22-16(37)12(33)17(38)23(44-22)41-2-4-6(27)8(29)18(39)24(43-4)45-20-14(35)10(31)9(30)11(32)15(20)36/h3-18,20-39H,1-2H2/t3?,4?,5-,6-,7+,8+,9?,10-,11+,12+,13?,14-,15?,16+,17?,18?,20?,21+,22?,23-,24+/m0/s1. The van der Waals surface area contributed by atoms with Crippen LogP contribution in [-0.4, -0.2) is 224 Å². The van der Waals surface area contributed by atoms with E-state index in [1.54, 1.807) is 0 Å². The first kappa shape index (κ1) is 36.7. The van der Waals surface area contributed by atoms with Crippen molar-refractivity contribution in [3.05, 3.63) is 0 Å². The highest BCUT2D eigenvalue weighted by Crippen LogP contribution is 2.32. The van der Waals surface area contributed by atoms with E-state index >= 15 is 0 Å². The Hall–Kier alpha value is -1.13. The minimum atomic E-state index is -2.15. The molecule has 21 atom stereocenters. The van der Waals surface area contributed by atoms with Crippen molar-refractivity contribution >= 4 is 5.78 Å². The maximum absolute atomic E-state index is 13.1. The average molecular weight is 665 g/mol. The van der Waals surface area contributed by atoms with Gasteiger partial charge in [0.25, 0.3) is 0 Å². The molecule has 0 amide bonds. The van der Waals surface area contributed by atoms with Gasteiger partial charge in [0.15, 0.2) is 24.5 Å². The van der Waals surface area contributed by atoms with Crippen molar-refractivity contribution in [3.8, 4) is 0 Å². The number of rotatable bonds is 8. The average Bonchev–Trinajstić information content (AvgIpc) is 3.02. The molecule has 45 heavy (non-hydrogen) atoms. The van der Waals surface area contributed by atoms with Crippen LogP contribution in [0.5, 0.6) is 0 Å². The predicted molar refractivity (Wildman–Crippen MR) is 133 cm³/mol. The van der Waals surface area contributed by atoms with Crippen LogP contribution in [0.25, 0.3) is 0 Å². The van der Waals surface area contributed by atoms with Crippen molar-refractivity contribution in [3.63, 3.8) is 0 Å². The number of carbonyl (C=O) groups is 1. The Morgan fingerprint density at radius 2 is 0.889 bits per heavy atom. The van der Waals surface area contributed by atoms with Crippen molar-refractivity contribution < 1.29 is 105 Å². The number of hydrogen-bond acceptors (Lipinski definition) is 21. The molecule has 21 heteroatoms. The molecule has 3 heterocycles. The Bertz CT molecular complexity index is 973. The molecular formula is C24H40O21. The molecule has 0 bridgehead atoms. The summed E-state index contributed by atoms with van der Waals surface area (Å²) in [6.45, 7) is -1.75. The quantitative estimate of drug-likeness (QED) is 0.114. The zero-order chi connectivity index (χ0) is 33.7. The molecule has 0 aromatic carbocycles. The summed E-state index contributed by atoms with van der Waals surface area (Å²) in [5.74, 6) is -1.29. The molecule has 0 aromatic heterocycles. The van der Waals surface area contributed by atoms with E-state index in [2.05, 4.69) is 0 Å². The summed E-state index contributed by atoms with van der Waals surface area (Å²) in [6, 6.07) is 0. The van der Waals surface area contributed by atoms with Crippen LogP contribution in [0.1, 0.15) is 0 Å². The topological polar surface area (TPSA) is 367 Å². The zero-order valence-corrected chi connectivity index (χ0v) is 23.2. The number of ether oxygens (including phenoxy) is 5. The SMILES string of the molecule is O=C(C1O[C@H](OCC2O[C@H](OC3C(O)[C@H](O)C(O)[C@H](O)[C@@H]3O)C(O)[C@H](O)[C@H]2O)C(O)[C@H](O)[C@H]1O)[C@@H]1OC(CO)[C@H](O)[C@@H](O)C1O. The summed E-state index contributed by atoms with van der Waals surface area (Å²) >= 11 is 0. The lowest BCUT2D eigenvalue weighted by Crippen LogP contribution is -2.67. The van der Waals surface area contributed by atoms with Gasteiger partial charge < -0.3 is 100 Å². The van der Waals surface area contributed by atoms with Crippen LogP contribution in [0.2, 0.25) is 0 Å². The van der Waals surface area contributed by atoms with E-state index in [0.29, 0.717) is 0 Å². The minimum absolute atomic E-state index is 0.865. The third-order valence-electron chi connectivity index (χ3n) is 8.48. The largest absolute Gasteiger partial charge is 0.394 e. The first-order valence-electron chi connectivity index (χ1n) is 13.9. The maximum Gasteiger partial charge on any atom is 0.195 e. The van der Waals surface area contributed by atoms with Gasteiger partial charge in [-0.3, -0.25) is 4.79 Å². The fraction of sp³-hybridized carbons (Fsp3) is 0.958. The van der Waals surface area contributed by atoms with Gasteiger partial charge in [-0.15, -0.1) is 0 Å². The van der Waals surface area contributed by atoms with E-state index in [1.165, 1.54) is 0 Å². The Labute approximate surface area is 253 Å². The van der Waals surface area contributed by atoms with Gasteiger partial charge in [-0.25, -0.2) is 0 Å². The van der Waals surface area contributed by atoms with Gasteiger partial charge in [0.1, 0.15) is 110 Å². The second-order valence-corrected chi connectivity index (χ2v) is 11.5. The number of aliphatic hydroxyl groups is 15. The third kappa shape index (κ3) is 6.90. The maximum atomic E-state index is 13.1. The van der Waals surface area contributed by atoms with E-state index in [-0.39, 0.29) is 0 Å². The fourth-order valence-corrected chi connectivity index (χ4v) is 5.59. The molecule has 4 aliphatic rings. The van der Waals surface area contributed by atoms with Gasteiger partial charge in [0.05, 0.1) is 13.2 Å². The summed E-state index contributed by atoms with van der Waals surface area (Å²) in [6.07, 6.45) is -41.4. The number of Topliss-reactive ketones (excluding diaryl/α,β-unsaturated/α-hetero) is 1. The van der Waals surface area contributed by atoms with Gasteiger partial charge in [-0.2, -0.15) is 0 Å². The molecule has 1 saturated carbocycles. The van der Waals surface area contributed by atoms with Crippen molar-refractivity contribution in [2.45, 2.75) is 129 Å². The first-order chi connectivity index (χ1) is 21.0. The van der Waals surface area contributed by atoms with E-state index in [9.17, 15) is 81.4 Å². The Kier molecular flexibility index (Phi) is 11.9. The van der Waals surface area contributed by atoms with Crippen molar-refractivity contribution in [1.29, 1.82) is 0 Å². The van der Waals surface area contributed by atoms with Crippen LogP contribution in [0.15, 0.2) is 0 Å². The molecule has 0 radical (unpaired) electrons. The lowest BCUT2D eigenvalue weighted by Gasteiger charge is -2.46. The van der Waals surface area contributed by atoms with Crippen molar-refractivity contribution in [1.82, 2.24) is 0 Å². The van der Waals surface area contributed by atoms with Crippen LogP contribution >= 0.6 is 0 Å². The van der Waals surface area contributed by atoms with Crippen LogP contribution in [0.3, 0.4) is 0 Å². The normalized spacial score (nSPS) is 54.5. The van der Waals surface area contributed by atoms with Crippen LogP contribution in [-0.2, 0) is 28.5 Å². The summed E-state index contributed by atoms with van der Waals surface area (Å²) < 4.78 is 26.5. The molecule has 0 spiro atoms. The summed E-state index contributed by atoms with van der Waals surface area (Å²) in [4.78, 5) is 13.1. The number of hydrogen-bond donors (Lipinski definition) is 15. The van der Waals surface area contributed by atoms with E-state index in [0.717, 1.165) is 0 Å². The first-order valence-corrected chi connectivity index (χ1v) is 13.9. The third-order valence-corrected chi connectivity index (χ3v) is 8.48. The summed E-state index contributed by atoms with van der Waals surface area (Å²) in [7, 11) is 0. The van der Waals surface area contributed by atoms with E-state index < -0.39 is 148 Å². The Morgan fingerprint density at radius 3 is 1.44 bits per heavy atom. The van der Waals surface area contributed by atoms with E-state index in [4.69, 9.17) is 23.7 Å². The number of carbonyl (C=O) groups excluding carboxylic acids is 1. The number of ketones is 1. The van der Waals surface area contributed by atoms with Gasteiger partial charge in [-0.1, -0.05) is 0 Å². The van der Waals surface area contributed by atoms with Crippen LogP contribution in [0.4, 0.5) is 0 Å². The molecule has 0 aromatic rings. The number of aliphatic hydroxyl groups excluding tert-OH is 15. The molecule has 3 aliphatic heterocycles. The van der Waals surface area contributed by atoms with Crippen molar-refractivity contribution in [2.75, 3.05) is 13.2 Å². The molecule has 262 valence electrons. The van der Waals surface area contributed by atoms with Crippen molar-refractivity contribution in [2.24, 2.45) is 0 Å². The minimum Gasteiger partial charge on any atom is -0.394 e. The predicted octanol–water partition coefficient (Wildman–Crippen LogP) is -10.8. The molecule has 15 N–H and O–H groups in total. The van der Waals surface area contributed by atoms with E-state index in [1.807, 2.05) is 0 Å². The van der Waals surface area contributed by atoms with Gasteiger partial charge in [0, 0.05) is 0 Å². The summed E-state index contributed by atoms with van der Waals surface area (Å²) in [5.41, 5.74) is 0. The molecule has 4 rings (SSSR count). The Morgan fingerprint density at radius 1 is 0.467 bits per heavy atom. The molecule has 4 fully saturated rings. The molecule has 3 saturated heterocycles. The Balaban J connectivity index is 1.44. The lowest BCUT2D eigenvalue weighted by atomic mass is 9.84. The summed E-state index contributed by atoms with van der Waals surface area (Å²) in [5, 5.41) is 152. The van der Waals surface area contributed by atoms with Gasteiger partial charge >= 0.3 is 0 Å². The second-order valence-electron chi connectivity index (χ2n) is 11.5. The highest BCUT2D eigenvalue weighted by Gasteiger charge is 2.55. The highest BCUT2D eigenvalue weighted by molar-refractivity contribution is 5.89.